The molecular formula is C8H20O3P+. The van der Waals surface area contributed by atoms with E-state index < -0.39 is 8.25 Å². The predicted octanol–water partition coefficient (Wildman–Crippen LogP) is 2.85. The highest BCUT2D eigenvalue weighted by Gasteiger charge is 1.94. The van der Waals surface area contributed by atoms with Crippen LogP contribution in [0.2, 0.25) is 0 Å². The van der Waals surface area contributed by atoms with Crippen LogP contribution >= 0.6 is 8.25 Å². The van der Waals surface area contributed by atoms with Crippen LogP contribution in [0, 0.1) is 5.92 Å². The van der Waals surface area contributed by atoms with Gasteiger partial charge in [-0.25, -0.2) is 0 Å². The van der Waals surface area contributed by atoms with Crippen LogP contribution in [0.25, 0.3) is 0 Å². The molecule has 0 rings (SSSR count). The Morgan fingerprint density at radius 3 is 2.00 bits per heavy atom. The van der Waals surface area contributed by atoms with Crippen molar-refractivity contribution in [2.75, 3.05) is 0 Å². The summed E-state index contributed by atoms with van der Waals surface area (Å²) in [7, 11) is -2.87. The molecule has 2 N–H and O–H groups in total. The van der Waals surface area contributed by atoms with Gasteiger partial charge in [-0.15, -0.1) is 9.79 Å². The molecule has 0 radical (unpaired) electrons. The Labute approximate surface area is 75.8 Å². The minimum Gasteiger partial charge on any atom is -0.134 e. The van der Waals surface area contributed by atoms with E-state index in [1.54, 1.807) is 0 Å². The first kappa shape index (κ1) is 14.5. The van der Waals surface area contributed by atoms with Crippen LogP contribution in [0.15, 0.2) is 0 Å². The lowest BCUT2D eigenvalue weighted by atomic mass is 10.0. The molecule has 0 saturated carbocycles. The van der Waals surface area contributed by atoms with Gasteiger partial charge < -0.3 is 0 Å². The van der Waals surface area contributed by atoms with Crippen molar-refractivity contribution in [3.05, 3.63) is 0 Å². The minimum absolute atomic E-state index is 0.954. The summed E-state index contributed by atoms with van der Waals surface area (Å²) in [5.74, 6) is 0.954. The molecule has 0 heterocycles. The van der Waals surface area contributed by atoms with E-state index in [9.17, 15) is 0 Å². The first-order valence-corrected chi connectivity index (χ1v) is 5.56. The Morgan fingerprint density at radius 2 is 1.75 bits per heavy atom. The zero-order valence-corrected chi connectivity index (χ0v) is 9.05. The van der Waals surface area contributed by atoms with E-state index in [2.05, 4.69) is 20.8 Å². The van der Waals surface area contributed by atoms with Crippen molar-refractivity contribution in [2.45, 2.75) is 46.5 Å². The van der Waals surface area contributed by atoms with Gasteiger partial charge in [-0.05, 0) is 5.92 Å². The van der Waals surface area contributed by atoms with E-state index in [4.69, 9.17) is 14.4 Å². The van der Waals surface area contributed by atoms with Crippen molar-refractivity contribution >= 4 is 8.25 Å². The van der Waals surface area contributed by atoms with E-state index in [-0.39, 0.29) is 0 Å². The molecule has 0 aliphatic carbocycles. The molecule has 1 unspecified atom stereocenters. The summed E-state index contributed by atoms with van der Waals surface area (Å²) in [5, 5.41) is 0. The number of unbranched alkanes of at least 4 members (excludes halogenated alkanes) is 1. The Hall–Kier alpha value is 0.0200. The first-order valence-electron chi connectivity index (χ1n) is 4.39. The second kappa shape index (κ2) is 11.0. The van der Waals surface area contributed by atoms with E-state index in [1.165, 1.54) is 25.7 Å². The van der Waals surface area contributed by atoms with Crippen molar-refractivity contribution in [3.8, 4) is 0 Å². The molecule has 74 valence electrons. The zero-order chi connectivity index (χ0) is 9.98. The van der Waals surface area contributed by atoms with Gasteiger partial charge in [-0.2, -0.15) is 0 Å². The van der Waals surface area contributed by atoms with Crippen LogP contribution in [0.5, 0.6) is 0 Å². The number of hydrogen-bond acceptors (Lipinski definition) is 1. The molecule has 0 spiro atoms. The third kappa shape index (κ3) is 22.5. The lowest BCUT2D eigenvalue weighted by Crippen LogP contribution is -1.89. The molecule has 0 aromatic carbocycles. The lowest BCUT2D eigenvalue weighted by Gasteiger charge is -2.04. The van der Waals surface area contributed by atoms with Crippen LogP contribution in [0.3, 0.4) is 0 Å². The maximum absolute atomic E-state index is 8.70. The van der Waals surface area contributed by atoms with Crippen molar-refractivity contribution < 1.29 is 14.4 Å². The average Bonchev–Trinajstić information content (AvgIpc) is 1.99. The maximum atomic E-state index is 8.70. The van der Waals surface area contributed by atoms with Crippen molar-refractivity contribution in [1.29, 1.82) is 0 Å². The maximum Gasteiger partial charge on any atom is 0.692 e. The Kier molecular flexibility index (Phi) is 13.4. The summed E-state index contributed by atoms with van der Waals surface area (Å²) < 4.78 is 8.70. The molecule has 3 nitrogen and oxygen atoms in total. The minimum atomic E-state index is -2.87. The van der Waals surface area contributed by atoms with Gasteiger partial charge in [0.25, 0.3) is 0 Å². The van der Waals surface area contributed by atoms with Gasteiger partial charge in [0.05, 0.1) is 0 Å². The van der Waals surface area contributed by atoms with Gasteiger partial charge >= 0.3 is 8.25 Å². The molecular weight excluding hydrogens is 175 g/mol. The smallest absolute Gasteiger partial charge is 0.134 e. The molecule has 0 amide bonds. The third-order valence-corrected chi connectivity index (χ3v) is 1.75. The van der Waals surface area contributed by atoms with Crippen molar-refractivity contribution in [1.82, 2.24) is 0 Å². The summed E-state index contributed by atoms with van der Waals surface area (Å²) in [6.07, 6.45) is 5.53. The highest BCUT2D eigenvalue weighted by molar-refractivity contribution is 7.30. The molecule has 0 aromatic heterocycles. The standard InChI is InChI=1S/C8H18.HO3P/c1-4-6-7-8(3)5-2;1-4(2)3/h8H,4-7H2,1-3H3;(H-,1,2,3)/p+1. The first-order chi connectivity index (χ1) is 5.54. The van der Waals surface area contributed by atoms with Crippen LogP contribution in [-0.4, -0.2) is 9.79 Å². The van der Waals surface area contributed by atoms with Gasteiger partial charge in [-0.3, -0.25) is 0 Å². The van der Waals surface area contributed by atoms with E-state index >= 15 is 0 Å². The largest absolute Gasteiger partial charge is 0.692 e. The topological polar surface area (TPSA) is 57.5 Å². The summed E-state index contributed by atoms with van der Waals surface area (Å²) in [5.41, 5.74) is 0. The third-order valence-electron chi connectivity index (χ3n) is 1.75. The highest BCUT2D eigenvalue weighted by Crippen LogP contribution is 2.09. The fourth-order valence-corrected chi connectivity index (χ4v) is 0.757. The second-order valence-electron chi connectivity index (χ2n) is 2.91. The highest BCUT2D eigenvalue weighted by atomic mass is 31.1. The molecule has 0 aliphatic rings. The Bertz CT molecular complexity index is 102. The van der Waals surface area contributed by atoms with E-state index in [0.29, 0.717) is 0 Å². The monoisotopic (exact) mass is 195 g/mol. The summed E-state index contributed by atoms with van der Waals surface area (Å²) in [6, 6.07) is 0. The van der Waals surface area contributed by atoms with Gasteiger partial charge in [-0.1, -0.05) is 46.5 Å². The van der Waals surface area contributed by atoms with Gasteiger partial charge in [0, 0.05) is 4.57 Å². The molecule has 0 fully saturated rings. The summed E-state index contributed by atoms with van der Waals surface area (Å²) in [6.45, 7) is 6.85. The fraction of sp³-hybridized carbons (Fsp3) is 1.00. The van der Waals surface area contributed by atoms with Crippen LogP contribution < -0.4 is 0 Å². The Balaban J connectivity index is 0. The normalized spacial score (nSPS) is 11.4. The second-order valence-corrected chi connectivity index (χ2v) is 3.41. The molecule has 0 aromatic rings. The number of rotatable bonds is 4. The van der Waals surface area contributed by atoms with Crippen molar-refractivity contribution in [3.63, 3.8) is 0 Å². The quantitative estimate of drug-likeness (QED) is 0.678. The molecule has 0 bridgehead atoms. The van der Waals surface area contributed by atoms with Gasteiger partial charge in [0.2, 0.25) is 0 Å². The van der Waals surface area contributed by atoms with Crippen LogP contribution in [-0.2, 0) is 4.57 Å². The lowest BCUT2D eigenvalue weighted by molar-refractivity contribution is 0.405. The SMILES string of the molecule is CCCCC(C)CC.O=[P+](O)O. The molecule has 4 heteroatoms. The van der Waals surface area contributed by atoms with Crippen LogP contribution in [0.1, 0.15) is 46.5 Å². The Morgan fingerprint density at radius 1 is 1.33 bits per heavy atom. The van der Waals surface area contributed by atoms with Gasteiger partial charge in [0.15, 0.2) is 0 Å². The fourth-order valence-electron chi connectivity index (χ4n) is 0.757. The van der Waals surface area contributed by atoms with Crippen molar-refractivity contribution in [2.24, 2.45) is 5.92 Å². The molecule has 12 heavy (non-hydrogen) atoms. The number of hydrogen-bond donors (Lipinski definition) is 2. The average molecular weight is 195 g/mol. The molecule has 0 saturated heterocycles. The van der Waals surface area contributed by atoms with Gasteiger partial charge in [0.1, 0.15) is 0 Å². The zero-order valence-electron chi connectivity index (χ0n) is 8.16. The molecule has 0 aliphatic heterocycles. The summed E-state index contributed by atoms with van der Waals surface area (Å²) >= 11 is 0. The molecule has 1 atom stereocenters. The van der Waals surface area contributed by atoms with E-state index in [1.807, 2.05) is 0 Å². The van der Waals surface area contributed by atoms with Crippen LogP contribution in [0.4, 0.5) is 0 Å². The predicted molar refractivity (Wildman–Crippen MR) is 51.0 cm³/mol. The van der Waals surface area contributed by atoms with E-state index in [0.717, 1.165) is 5.92 Å². The summed E-state index contributed by atoms with van der Waals surface area (Å²) in [4.78, 5) is 14.2.